The highest BCUT2D eigenvalue weighted by Gasteiger charge is 2.17. The van der Waals surface area contributed by atoms with Crippen LogP contribution in [-0.2, 0) is 0 Å². The molecule has 0 aliphatic rings. The van der Waals surface area contributed by atoms with E-state index in [1.54, 1.807) is 0 Å². The van der Waals surface area contributed by atoms with E-state index in [4.69, 9.17) is 45.0 Å². The summed E-state index contributed by atoms with van der Waals surface area (Å²) in [5, 5.41) is 16.8. The highest BCUT2D eigenvalue weighted by Crippen LogP contribution is 2.32. The molecule has 0 aromatic rings. The van der Waals surface area contributed by atoms with Gasteiger partial charge in [0, 0.05) is 0 Å². The van der Waals surface area contributed by atoms with Gasteiger partial charge in [0.05, 0.1) is 0 Å². The molecule has 0 amide bonds. The predicted octanol–water partition coefficient (Wildman–Crippen LogP) is 4.26. The van der Waals surface area contributed by atoms with Gasteiger partial charge < -0.3 is 10.2 Å². The van der Waals surface area contributed by atoms with Gasteiger partial charge in [-0.15, -0.1) is 0 Å². The third-order valence-corrected chi connectivity index (χ3v) is 2.06. The summed E-state index contributed by atoms with van der Waals surface area (Å²) < 4.78 is -1.16. The fraction of sp³-hybridized carbons (Fsp3) is 0.750. The first kappa shape index (κ1) is 13.2. The van der Waals surface area contributed by atoms with Gasteiger partial charge in [0.2, 0.25) is 0 Å². The van der Waals surface area contributed by atoms with Crippen molar-refractivity contribution in [1.82, 2.24) is 0 Å². The first-order chi connectivity index (χ1) is 5.92. The zero-order valence-corrected chi connectivity index (χ0v) is 9.41. The van der Waals surface area contributed by atoms with Gasteiger partial charge in [-0.25, -0.2) is 0 Å². The minimum atomic E-state index is -1.16. The Morgan fingerprint density at radius 1 is 1.08 bits per heavy atom. The van der Waals surface area contributed by atoms with Crippen molar-refractivity contribution in [3.8, 4) is 0 Å². The van der Waals surface area contributed by atoms with E-state index in [0.29, 0.717) is 12.8 Å². The van der Waals surface area contributed by atoms with Gasteiger partial charge in [0.25, 0.3) is 5.95 Å². The summed E-state index contributed by atoms with van der Waals surface area (Å²) in [5.74, 6) is -0.624. The number of allylic oxidation sites excluding steroid dienone is 1. The Bertz CT molecular complexity index is 159. The van der Waals surface area contributed by atoms with Crippen LogP contribution < -0.4 is 0 Å². The Balaban J connectivity index is 3.23. The topological polar surface area (TPSA) is 40.5 Å². The molecule has 0 saturated carbocycles. The van der Waals surface area contributed by atoms with Gasteiger partial charge in [-0.3, -0.25) is 0 Å². The van der Waals surface area contributed by atoms with Crippen LogP contribution in [0.4, 0.5) is 0 Å². The van der Waals surface area contributed by atoms with E-state index in [-0.39, 0.29) is 0 Å². The van der Waals surface area contributed by atoms with Gasteiger partial charge in [-0.1, -0.05) is 41.2 Å². The minimum Gasteiger partial charge on any atom is -0.481 e. The number of hydrogen-bond acceptors (Lipinski definition) is 2. The van der Waals surface area contributed by atoms with E-state index >= 15 is 0 Å². The molecule has 2 N–H and O–H groups in total. The normalized spacial score (nSPS) is 11.3. The lowest BCUT2D eigenvalue weighted by Gasteiger charge is -2.08. The van der Waals surface area contributed by atoms with Crippen LogP contribution in [0, 0.1) is 0 Å². The second-order valence-electron chi connectivity index (χ2n) is 2.78. The quantitative estimate of drug-likeness (QED) is 0.433. The average molecular weight is 248 g/mol. The lowest BCUT2D eigenvalue weighted by molar-refractivity contribution is 0.189. The van der Waals surface area contributed by atoms with Crippen molar-refractivity contribution in [1.29, 1.82) is 0 Å². The summed E-state index contributed by atoms with van der Waals surface area (Å²) >= 11 is 16.6. The molecule has 0 fully saturated rings. The number of rotatable bonds is 5. The molecule has 0 atom stereocenters. The van der Waals surface area contributed by atoms with E-state index < -0.39 is 9.74 Å². The van der Waals surface area contributed by atoms with Crippen LogP contribution in [0.25, 0.3) is 0 Å². The van der Waals surface area contributed by atoms with Crippen molar-refractivity contribution >= 4 is 34.8 Å². The number of alkyl halides is 3. The molecule has 5 heteroatoms. The fourth-order valence-corrected chi connectivity index (χ4v) is 1.28. The Morgan fingerprint density at radius 3 is 2.15 bits per heavy atom. The Morgan fingerprint density at radius 2 is 1.69 bits per heavy atom. The zero-order chi connectivity index (χ0) is 10.3. The van der Waals surface area contributed by atoms with Crippen LogP contribution in [0.2, 0.25) is 0 Å². The van der Waals surface area contributed by atoms with E-state index in [1.165, 1.54) is 6.08 Å². The average Bonchev–Trinajstić information content (AvgIpc) is 1.93. The first-order valence-corrected chi connectivity index (χ1v) is 5.20. The highest BCUT2D eigenvalue weighted by atomic mass is 35.6. The summed E-state index contributed by atoms with van der Waals surface area (Å²) in [4.78, 5) is 0. The van der Waals surface area contributed by atoms with Crippen molar-refractivity contribution in [3.05, 3.63) is 12.0 Å². The van der Waals surface area contributed by atoms with E-state index in [1.807, 2.05) is 0 Å². The lowest BCUT2D eigenvalue weighted by Crippen LogP contribution is -2.00. The molecule has 2 nitrogen and oxygen atoms in total. The SMILES string of the molecule is OC(O)=CCCCCCC(Cl)(Cl)Cl. The van der Waals surface area contributed by atoms with Crippen LogP contribution >= 0.6 is 34.8 Å². The maximum Gasteiger partial charge on any atom is 0.269 e. The molecule has 0 aliphatic carbocycles. The first-order valence-electron chi connectivity index (χ1n) is 4.06. The second-order valence-corrected chi connectivity index (χ2v) is 5.29. The molecule has 0 rings (SSSR count). The summed E-state index contributed by atoms with van der Waals surface area (Å²) in [6.45, 7) is 0. The molecule has 13 heavy (non-hydrogen) atoms. The van der Waals surface area contributed by atoms with E-state index in [0.717, 1.165) is 19.3 Å². The molecule has 0 bridgehead atoms. The van der Waals surface area contributed by atoms with Crippen LogP contribution in [0.5, 0.6) is 0 Å². The van der Waals surface area contributed by atoms with Crippen molar-refractivity contribution in [2.24, 2.45) is 0 Å². The molecule has 0 aliphatic heterocycles. The largest absolute Gasteiger partial charge is 0.481 e. The van der Waals surface area contributed by atoms with E-state index in [9.17, 15) is 0 Å². The lowest BCUT2D eigenvalue weighted by atomic mass is 10.1. The maximum atomic E-state index is 8.39. The monoisotopic (exact) mass is 246 g/mol. The number of unbranched alkanes of at least 4 members (excludes halogenated alkanes) is 3. The molecular formula is C8H13Cl3O2. The van der Waals surface area contributed by atoms with Crippen LogP contribution in [0.3, 0.4) is 0 Å². The molecule has 0 aromatic heterocycles. The van der Waals surface area contributed by atoms with E-state index in [2.05, 4.69) is 0 Å². The fourth-order valence-electron chi connectivity index (χ4n) is 0.878. The molecule has 78 valence electrons. The van der Waals surface area contributed by atoms with Crippen molar-refractivity contribution in [2.45, 2.75) is 35.9 Å². The summed E-state index contributed by atoms with van der Waals surface area (Å²) in [6, 6.07) is 0. The molecular weight excluding hydrogens is 234 g/mol. The molecule has 0 radical (unpaired) electrons. The molecule has 0 saturated heterocycles. The van der Waals surface area contributed by atoms with Crippen molar-refractivity contribution in [3.63, 3.8) is 0 Å². The zero-order valence-electron chi connectivity index (χ0n) is 7.14. The number of hydrogen-bond donors (Lipinski definition) is 2. The van der Waals surface area contributed by atoms with Crippen LogP contribution in [0.1, 0.15) is 32.1 Å². The third-order valence-electron chi connectivity index (χ3n) is 1.49. The highest BCUT2D eigenvalue weighted by molar-refractivity contribution is 6.67. The predicted molar refractivity (Wildman–Crippen MR) is 56.7 cm³/mol. The molecule has 0 aromatic carbocycles. The van der Waals surface area contributed by atoms with Gasteiger partial charge in [0.1, 0.15) is 0 Å². The van der Waals surface area contributed by atoms with Gasteiger partial charge in [0.15, 0.2) is 3.79 Å². The minimum absolute atomic E-state index is 0.534. The molecule has 0 heterocycles. The second kappa shape index (κ2) is 6.63. The summed E-state index contributed by atoms with van der Waals surface area (Å²) in [5.41, 5.74) is 0. The smallest absolute Gasteiger partial charge is 0.269 e. The van der Waals surface area contributed by atoms with Crippen molar-refractivity contribution < 1.29 is 10.2 Å². The standard InChI is InChI=1S/C8H13Cl3O2/c9-8(10,11)6-4-2-1-3-5-7(12)13/h5,12-13H,1-4,6H2. The van der Waals surface area contributed by atoms with Gasteiger partial charge in [-0.2, -0.15) is 0 Å². The van der Waals surface area contributed by atoms with Gasteiger partial charge >= 0.3 is 0 Å². The number of aliphatic hydroxyl groups excluding tert-OH is 1. The van der Waals surface area contributed by atoms with Gasteiger partial charge in [-0.05, 0) is 31.8 Å². The summed E-state index contributed by atoms with van der Waals surface area (Å²) in [7, 11) is 0. The Kier molecular flexibility index (Phi) is 6.74. The third kappa shape index (κ3) is 12.2. The number of aliphatic hydroxyl groups is 2. The number of halogens is 3. The molecule has 0 spiro atoms. The summed E-state index contributed by atoms with van der Waals surface area (Å²) in [6.07, 6.45) is 5.14. The Labute approximate surface area is 93.1 Å². The molecule has 0 unspecified atom stereocenters. The Hall–Kier alpha value is 0.210. The van der Waals surface area contributed by atoms with Crippen molar-refractivity contribution in [2.75, 3.05) is 0 Å². The van der Waals surface area contributed by atoms with Crippen LogP contribution in [0.15, 0.2) is 12.0 Å². The van der Waals surface area contributed by atoms with Crippen LogP contribution in [-0.4, -0.2) is 14.0 Å². The maximum absolute atomic E-state index is 8.39.